The zero-order chi connectivity index (χ0) is 35.0. The van der Waals surface area contributed by atoms with E-state index in [9.17, 15) is 10.5 Å². The van der Waals surface area contributed by atoms with Gasteiger partial charge in [0.25, 0.3) is 0 Å². The van der Waals surface area contributed by atoms with Crippen LogP contribution in [-0.2, 0) is 5.41 Å². The van der Waals surface area contributed by atoms with Gasteiger partial charge in [-0.3, -0.25) is 4.98 Å². The maximum absolute atomic E-state index is 9.46. The van der Waals surface area contributed by atoms with Crippen LogP contribution in [0, 0.1) is 40.4 Å². The Morgan fingerprint density at radius 1 is 0.510 bits per heavy atom. The molecule has 2 saturated carbocycles. The topological polar surface area (TPSA) is 99.1 Å². The Morgan fingerprint density at radius 2 is 0.941 bits per heavy atom. The molecule has 0 N–H and O–H groups in total. The second-order valence-electron chi connectivity index (χ2n) is 14.7. The summed E-state index contributed by atoms with van der Waals surface area (Å²) in [6, 6.07) is 39.0. The highest BCUT2D eigenvalue weighted by atomic mass is 15.0. The van der Waals surface area contributed by atoms with Crippen LogP contribution in [0.5, 0.6) is 0 Å². The molecular weight excluding hydrogens is 625 g/mol. The van der Waals surface area contributed by atoms with Crippen LogP contribution in [0.3, 0.4) is 0 Å². The lowest BCUT2D eigenvalue weighted by Gasteiger charge is -2.50. The van der Waals surface area contributed by atoms with Gasteiger partial charge >= 0.3 is 0 Å². The van der Waals surface area contributed by atoms with E-state index in [0.717, 1.165) is 56.7 Å². The molecule has 6 aromatic rings. The molecule has 0 aliphatic heterocycles. The van der Waals surface area contributed by atoms with Crippen LogP contribution in [0.1, 0.15) is 62.6 Å². The van der Waals surface area contributed by atoms with Gasteiger partial charge < -0.3 is 0 Å². The van der Waals surface area contributed by atoms with Crippen LogP contribution >= 0.6 is 0 Å². The van der Waals surface area contributed by atoms with Crippen LogP contribution in [0.25, 0.3) is 56.4 Å². The number of hydrogen-bond donors (Lipinski definition) is 0. The Bertz CT molecular complexity index is 2260. The molecule has 0 amide bonds. The zero-order valence-corrected chi connectivity index (χ0v) is 28.9. The van der Waals surface area contributed by atoms with Crippen molar-refractivity contribution in [1.82, 2.24) is 19.9 Å². The monoisotopic (exact) mass is 662 g/mol. The number of fused-ring (bicyclic) bond motifs is 2. The minimum Gasteiger partial charge on any atom is -0.265 e. The van der Waals surface area contributed by atoms with E-state index in [-0.39, 0.29) is 5.41 Å². The molecule has 2 unspecified atom stereocenters. The predicted molar refractivity (Wildman–Crippen MR) is 201 cm³/mol. The van der Waals surface area contributed by atoms with Gasteiger partial charge in [0.1, 0.15) is 0 Å². The van der Waals surface area contributed by atoms with Gasteiger partial charge in [-0.15, -0.1) is 0 Å². The standard InChI is InChI=1S/C45H38N6/c1-29-19-33-20-30(2)25-45(24-29,26-33)41-13-11-35(12-14-41)39-21-38(34-7-3-31(27-46)4-8-34)22-40(23-39)44-50-42(36-9-5-32(28-47)6-10-36)49-43(51-44)37-15-17-48-18-16-37/h3-18,21-23,29-30,33H,19-20,24-26H2,1-2H3/t29-,30+,33?,45?. The number of pyridine rings is 1. The summed E-state index contributed by atoms with van der Waals surface area (Å²) in [6.45, 7) is 4.88. The molecule has 2 fully saturated rings. The van der Waals surface area contributed by atoms with Crippen molar-refractivity contribution in [2.24, 2.45) is 17.8 Å². The zero-order valence-electron chi connectivity index (χ0n) is 28.9. The lowest BCUT2D eigenvalue weighted by molar-refractivity contribution is 0.0780. The lowest BCUT2D eigenvalue weighted by Crippen LogP contribution is -2.42. The molecule has 2 aliphatic carbocycles. The number of rotatable bonds is 6. The summed E-state index contributed by atoms with van der Waals surface area (Å²) in [5.41, 5.74) is 9.62. The first-order chi connectivity index (χ1) is 24.9. The molecule has 2 aliphatic rings. The van der Waals surface area contributed by atoms with Crippen molar-refractivity contribution in [3.05, 3.63) is 132 Å². The molecule has 0 radical (unpaired) electrons. The van der Waals surface area contributed by atoms with E-state index in [1.54, 1.807) is 24.5 Å². The van der Waals surface area contributed by atoms with E-state index in [1.165, 1.54) is 37.7 Å². The molecule has 0 saturated heterocycles. The highest BCUT2D eigenvalue weighted by molar-refractivity contribution is 5.80. The Balaban J connectivity index is 1.26. The van der Waals surface area contributed by atoms with Crippen molar-refractivity contribution in [2.45, 2.75) is 51.4 Å². The van der Waals surface area contributed by atoms with Gasteiger partial charge in [0.2, 0.25) is 0 Å². The van der Waals surface area contributed by atoms with E-state index >= 15 is 0 Å². The summed E-state index contributed by atoms with van der Waals surface area (Å²) in [5.74, 6) is 3.95. The molecule has 51 heavy (non-hydrogen) atoms. The number of benzene rings is 4. The molecule has 8 rings (SSSR count). The molecule has 2 heterocycles. The van der Waals surface area contributed by atoms with Crippen LogP contribution in [-0.4, -0.2) is 19.9 Å². The fraction of sp³-hybridized carbons (Fsp3) is 0.244. The van der Waals surface area contributed by atoms with Crippen LogP contribution in [0.15, 0.2) is 116 Å². The van der Waals surface area contributed by atoms with E-state index < -0.39 is 0 Å². The average Bonchev–Trinajstić information content (AvgIpc) is 3.17. The first kappa shape index (κ1) is 32.2. The van der Waals surface area contributed by atoms with Crippen molar-refractivity contribution < 1.29 is 0 Å². The first-order valence-electron chi connectivity index (χ1n) is 17.8. The number of aromatic nitrogens is 4. The maximum Gasteiger partial charge on any atom is 0.164 e. The Hall–Kier alpha value is -5.98. The highest BCUT2D eigenvalue weighted by Crippen LogP contribution is 2.54. The molecule has 6 heteroatoms. The number of nitrogens with zero attached hydrogens (tertiary/aromatic N) is 6. The largest absolute Gasteiger partial charge is 0.265 e. The second-order valence-corrected chi connectivity index (χ2v) is 14.7. The Morgan fingerprint density at radius 3 is 1.45 bits per heavy atom. The van der Waals surface area contributed by atoms with Gasteiger partial charge in [-0.25, -0.2) is 15.0 Å². The summed E-state index contributed by atoms with van der Waals surface area (Å²) >= 11 is 0. The third-order valence-electron chi connectivity index (χ3n) is 10.8. The Kier molecular flexibility index (Phi) is 8.46. The van der Waals surface area contributed by atoms with Gasteiger partial charge in [-0.2, -0.15) is 10.5 Å². The molecule has 0 spiro atoms. The predicted octanol–water partition coefficient (Wildman–Crippen LogP) is 10.4. The van der Waals surface area contributed by atoms with Crippen LogP contribution in [0.4, 0.5) is 0 Å². The number of hydrogen-bond acceptors (Lipinski definition) is 6. The normalized spacial score (nSPS) is 21.0. The molecule has 6 nitrogen and oxygen atoms in total. The first-order valence-corrected chi connectivity index (χ1v) is 17.8. The maximum atomic E-state index is 9.46. The van der Waals surface area contributed by atoms with Crippen LogP contribution in [0.2, 0.25) is 0 Å². The molecule has 2 aromatic heterocycles. The average molecular weight is 663 g/mol. The summed E-state index contributed by atoms with van der Waals surface area (Å²) in [5, 5.41) is 18.8. The summed E-state index contributed by atoms with van der Waals surface area (Å²) in [6.07, 6.45) is 10.0. The summed E-state index contributed by atoms with van der Waals surface area (Å²) in [4.78, 5) is 19.1. The molecule has 2 bridgehead atoms. The smallest absolute Gasteiger partial charge is 0.164 e. The fourth-order valence-corrected chi connectivity index (χ4v) is 8.86. The van der Waals surface area contributed by atoms with Crippen molar-refractivity contribution in [3.8, 4) is 68.6 Å². The van der Waals surface area contributed by atoms with Crippen molar-refractivity contribution in [2.75, 3.05) is 0 Å². The molecule has 248 valence electrons. The van der Waals surface area contributed by atoms with Crippen molar-refractivity contribution >= 4 is 0 Å². The Labute approximate surface area is 299 Å². The summed E-state index contributed by atoms with van der Waals surface area (Å²) < 4.78 is 0. The van der Waals surface area contributed by atoms with Gasteiger partial charge in [0, 0.05) is 29.1 Å². The summed E-state index contributed by atoms with van der Waals surface area (Å²) in [7, 11) is 0. The lowest BCUT2D eigenvalue weighted by atomic mass is 9.54. The van der Waals surface area contributed by atoms with Gasteiger partial charge in [0.15, 0.2) is 17.5 Å². The van der Waals surface area contributed by atoms with E-state index in [0.29, 0.717) is 28.6 Å². The van der Waals surface area contributed by atoms with E-state index in [2.05, 4.69) is 73.4 Å². The van der Waals surface area contributed by atoms with E-state index in [4.69, 9.17) is 15.0 Å². The third kappa shape index (κ3) is 6.54. The quantitative estimate of drug-likeness (QED) is 0.176. The molecular formula is C45H38N6. The highest BCUT2D eigenvalue weighted by Gasteiger charge is 2.45. The van der Waals surface area contributed by atoms with Crippen LogP contribution < -0.4 is 0 Å². The van der Waals surface area contributed by atoms with Gasteiger partial charge in [-0.05, 0) is 150 Å². The fourth-order valence-electron chi connectivity index (χ4n) is 8.86. The van der Waals surface area contributed by atoms with Gasteiger partial charge in [0.05, 0.1) is 23.3 Å². The van der Waals surface area contributed by atoms with E-state index in [1.807, 2.05) is 48.5 Å². The minimum atomic E-state index is 0.268. The molecule has 4 atom stereocenters. The van der Waals surface area contributed by atoms with Crippen molar-refractivity contribution in [3.63, 3.8) is 0 Å². The minimum absolute atomic E-state index is 0.268. The van der Waals surface area contributed by atoms with Crippen molar-refractivity contribution in [1.29, 1.82) is 10.5 Å². The van der Waals surface area contributed by atoms with Gasteiger partial charge in [-0.1, -0.05) is 50.2 Å². The third-order valence-corrected chi connectivity index (χ3v) is 10.8. The SMILES string of the molecule is C[C@@H]1CC2C[C@H](C)CC(c3ccc(-c4cc(-c5ccc(C#N)cc5)cc(-c5nc(-c6ccncc6)nc(-c6ccc(C#N)cc6)n5)c4)cc3)(C2)C1. The second kappa shape index (κ2) is 13.4. The molecule has 4 aromatic carbocycles. The number of nitriles is 2.